The van der Waals surface area contributed by atoms with Crippen molar-refractivity contribution in [2.75, 3.05) is 5.32 Å². The van der Waals surface area contributed by atoms with Crippen LogP contribution in [0.1, 0.15) is 26.2 Å². The standard InChI is InChI=1S/C13H17BrN2O3/c1-9(4-2-7-12(17)18)15-13(19)16-11-6-3-5-10(14)8-11/h3,5-6,8-9H,2,4,7H2,1H3,(H,17,18)(H2,15,16,19). The number of aliphatic carboxylic acids is 1. The molecule has 0 fully saturated rings. The molecular weight excluding hydrogens is 312 g/mol. The lowest BCUT2D eigenvalue weighted by atomic mass is 10.1. The molecule has 1 unspecified atom stereocenters. The van der Waals surface area contributed by atoms with E-state index in [0.29, 0.717) is 18.5 Å². The Morgan fingerprint density at radius 2 is 2.16 bits per heavy atom. The van der Waals surface area contributed by atoms with Gasteiger partial charge in [-0.05, 0) is 38.0 Å². The van der Waals surface area contributed by atoms with Gasteiger partial charge < -0.3 is 15.7 Å². The Labute approximate surface area is 120 Å². The highest BCUT2D eigenvalue weighted by molar-refractivity contribution is 9.10. The van der Waals surface area contributed by atoms with Crippen LogP contribution in [-0.4, -0.2) is 23.1 Å². The Kier molecular flexibility index (Phi) is 6.35. The van der Waals surface area contributed by atoms with E-state index >= 15 is 0 Å². The zero-order valence-corrected chi connectivity index (χ0v) is 12.2. The first-order valence-corrected chi connectivity index (χ1v) is 6.81. The van der Waals surface area contributed by atoms with Gasteiger partial charge in [0.05, 0.1) is 0 Å². The third-order valence-electron chi connectivity index (χ3n) is 2.49. The molecule has 0 saturated heterocycles. The number of halogens is 1. The number of hydrogen-bond donors (Lipinski definition) is 3. The van der Waals surface area contributed by atoms with Crippen molar-refractivity contribution in [3.63, 3.8) is 0 Å². The van der Waals surface area contributed by atoms with Crippen LogP contribution in [-0.2, 0) is 4.79 Å². The molecule has 0 bridgehead atoms. The summed E-state index contributed by atoms with van der Waals surface area (Å²) in [4.78, 5) is 22.0. The van der Waals surface area contributed by atoms with Crippen LogP contribution < -0.4 is 10.6 Å². The molecule has 3 N–H and O–H groups in total. The predicted octanol–water partition coefficient (Wildman–Crippen LogP) is 3.21. The summed E-state index contributed by atoms with van der Waals surface area (Å²) >= 11 is 3.32. The first kappa shape index (κ1) is 15.5. The average Bonchev–Trinajstić information content (AvgIpc) is 2.27. The summed E-state index contributed by atoms with van der Waals surface area (Å²) in [5, 5.41) is 14.0. The number of amides is 2. The van der Waals surface area contributed by atoms with Crippen molar-refractivity contribution < 1.29 is 14.7 Å². The second-order valence-electron chi connectivity index (χ2n) is 4.30. The van der Waals surface area contributed by atoms with Crippen LogP contribution in [0, 0.1) is 0 Å². The summed E-state index contributed by atoms with van der Waals surface area (Å²) < 4.78 is 0.889. The highest BCUT2D eigenvalue weighted by atomic mass is 79.9. The van der Waals surface area contributed by atoms with Crippen molar-refractivity contribution in [3.8, 4) is 0 Å². The van der Waals surface area contributed by atoms with Crippen molar-refractivity contribution in [1.29, 1.82) is 0 Å². The molecule has 1 rings (SSSR count). The minimum absolute atomic E-state index is 0.0634. The van der Waals surface area contributed by atoms with Gasteiger partial charge in [-0.15, -0.1) is 0 Å². The van der Waals surface area contributed by atoms with E-state index in [1.54, 1.807) is 12.1 Å². The quantitative estimate of drug-likeness (QED) is 0.750. The SMILES string of the molecule is CC(CCCC(=O)O)NC(=O)Nc1cccc(Br)c1. The molecular formula is C13H17BrN2O3. The summed E-state index contributed by atoms with van der Waals surface area (Å²) in [6.07, 6.45) is 1.31. The average molecular weight is 329 g/mol. The number of urea groups is 1. The Balaban J connectivity index is 2.32. The molecule has 0 aromatic heterocycles. The Bertz CT molecular complexity index is 451. The van der Waals surface area contributed by atoms with Crippen LogP contribution in [0.15, 0.2) is 28.7 Å². The van der Waals surface area contributed by atoms with Crippen LogP contribution in [0.5, 0.6) is 0 Å². The maximum absolute atomic E-state index is 11.7. The summed E-state index contributed by atoms with van der Waals surface area (Å²) in [7, 11) is 0. The third-order valence-corrected chi connectivity index (χ3v) is 2.98. The number of carbonyl (C=O) groups is 2. The van der Waals surface area contributed by atoms with Gasteiger partial charge in [0.1, 0.15) is 0 Å². The van der Waals surface area contributed by atoms with Crippen molar-refractivity contribution in [3.05, 3.63) is 28.7 Å². The largest absolute Gasteiger partial charge is 0.481 e. The molecule has 6 heteroatoms. The summed E-state index contributed by atoms with van der Waals surface area (Å²) in [5.74, 6) is -0.814. The summed E-state index contributed by atoms with van der Waals surface area (Å²) in [5.41, 5.74) is 0.699. The van der Waals surface area contributed by atoms with Crippen LogP contribution in [0.25, 0.3) is 0 Å². The maximum Gasteiger partial charge on any atom is 0.319 e. The molecule has 1 aromatic rings. The van der Waals surface area contributed by atoms with Crippen molar-refractivity contribution in [2.45, 2.75) is 32.2 Å². The maximum atomic E-state index is 11.7. The van der Waals surface area contributed by atoms with Gasteiger partial charge >= 0.3 is 12.0 Å². The zero-order valence-electron chi connectivity index (χ0n) is 10.6. The van der Waals surface area contributed by atoms with Crippen LogP contribution in [0.3, 0.4) is 0 Å². The molecule has 19 heavy (non-hydrogen) atoms. The normalized spacial score (nSPS) is 11.7. The predicted molar refractivity (Wildman–Crippen MR) is 77.2 cm³/mol. The van der Waals surface area contributed by atoms with Gasteiger partial charge in [0.2, 0.25) is 0 Å². The molecule has 104 valence electrons. The van der Waals surface area contributed by atoms with Gasteiger partial charge in [-0.2, -0.15) is 0 Å². The summed E-state index contributed by atoms with van der Waals surface area (Å²) in [6, 6.07) is 6.94. The van der Waals surface area contributed by atoms with Crippen LogP contribution >= 0.6 is 15.9 Å². The molecule has 0 aliphatic carbocycles. The molecule has 0 radical (unpaired) electrons. The van der Waals surface area contributed by atoms with Crippen molar-refractivity contribution in [2.24, 2.45) is 0 Å². The van der Waals surface area contributed by atoms with E-state index in [1.165, 1.54) is 0 Å². The van der Waals surface area contributed by atoms with Gasteiger partial charge in [-0.3, -0.25) is 4.79 Å². The smallest absolute Gasteiger partial charge is 0.319 e. The molecule has 2 amide bonds. The molecule has 0 aliphatic rings. The second kappa shape index (κ2) is 7.78. The Morgan fingerprint density at radius 3 is 2.79 bits per heavy atom. The molecule has 0 heterocycles. The Morgan fingerprint density at radius 1 is 1.42 bits per heavy atom. The highest BCUT2D eigenvalue weighted by Gasteiger charge is 2.08. The van der Waals surface area contributed by atoms with E-state index in [-0.39, 0.29) is 18.5 Å². The van der Waals surface area contributed by atoms with E-state index in [4.69, 9.17) is 5.11 Å². The first-order chi connectivity index (χ1) is 8.97. The molecule has 0 spiro atoms. The zero-order chi connectivity index (χ0) is 14.3. The van der Waals surface area contributed by atoms with Crippen LogP contribution in [0.4, 0.5) is 10.5 Å². The number of benzene rings is 1. The lowest BCUT2D eigenvalue weighted by molar-refractivity contribution is -0.137. The van der Waals surface area contributed by atoms with Gasteiger partial charge in [0.15, 0.2) is 0 Å². The fourth-order valence-electron chi connectivity index (χ4n) is 1.59. The van der Waals surface area contributed by atoms with E-state index in [1.807, 2.05) is 19.1 Å². The topological polar surface area (TPSA) is 78.4 Å². The minimum atomic E-state index is -0.814. The monoisotopic (exact) mass is 328 g/mol. The number of nitrogens with one attached hydrogen (secondary N) is 2. The number of hydrogen-bond acceptors (Lipinski definition) is 2. The van der Waals surface area contributed by atoms with Crippen molar-refractivity contribution in [1.82, 2.24) is 5.32 Å². The Hall–Kier alpha value is -1.56. The number of carbonyl (C=O) groups excluding carboxylic acids is 1. The van der Waals surface area contributed by atoms with Gasteiger partial charge in [-0.25, -0.2) is 4.79 Å². The first-order valence-electron chi connectivity index (χ1n) is 6.02. The van der Waals surface area contributed by atoms with Crippen LogP contribution in [0.2, 0.25) is 0 Å². The number of carboxylic acids is 1. The van der Waals surface area contributed by atoms with E-state index in [9.17, 15) is 9.59 Å². The molecule has 5 nitrogen and oxygen atoms in total. The minimum Gasteiger partial charge on any atom is -0.481 e. The summed E-state index contributed by atoms with van der Waals surface area (Å²) in [6.45, 7) is 1.85. The number of rotatable bonds is 6. The number of anilines is 1. The van der Waals surface area contributed by atoms with E-state index in [2.05, 4.69) is 26.6 Å². The fraction of sp³-hybridized carbons (Fsp3) is 0.385. The fourth-order valence-corrected chi connectivity index (χ4v) is 1.99. The van der Waals surface area contributed by atoms with E-state index in [0.717, 1.165) is 4.47 Å². The van der Waals surface area contributed by atoms with E-state index < -0.39 is 5.97 Å². The molecule has 1 aromatic carbocycles. The number of carboxylic acid groups (broad SMARTS) is 1. The van der Waals surface area contributed by atoms with Gasteiger partial charge in [0, 0.05) is 22.6 Å². The lowest BCUT2D eigenvalue weighted by Gasteiger charge is -2.14. The molecule has 0 aliphatic heterocycles. The van der Waals surface area contributed by atoms with Crippen molar-refractivity contribution >= 4 is 33.6 Å². The van der Waals surface area contributed by atoms with Gasteiger partial charge in [-0.1, -0.05) is 22.0 Å². The highest BCUT2D eigenvalue weighted by Crippen LogP contribution is 2.15. The third kappa shape index (κ3) is 6.81. The molecule has 0 saturated carbocycles. The second-order valence-corrected chi connectivity index (χ2v) is 5.21. The lowest BCUT2D eigenvalue weighted by Crippen LogP contribution is -2.36. The van der Waals surface area contributed by atoms with Gasteiger partial charge in [0.25, 0.3) is 0 Å². The molecule has 1 atom stereocenters.